The van der Waals surface area contributed by atoms with Gasteiger partial charge in [0.25, 0.3) is 0 Å². The van der Waals surface area contributed by atoms with Crippen LogP contribution in [0.25, 0.3) is 28.0 Å². The number of hydrogen-bond donors (Lipinski definition) is 1. The van der Waals surface area contributed by atoms with Crippen molar-refractivity contribution in [2.45, 2.75) is 104 Å². The van der Waals surface area contributed by atoms with Gasteiger partial charge in [0, 0.05) is 42.6 Å². The van der Waals surface area contributed by atoms with Crippen molar-refractivity contribution in [3.05, 3.63) is 65.4 Å². The van der Waals surface area contributed by atoms with Crippen LogP contribution in [0.3, 0.4) is 0 Å². The Morgan fingerprint density at radius 2 is 1.81 bits per heavy atom. The Morgan fingerprint density at radius 1 is 1.06 bits per heavy atom. The molecule has 9 heteroatoms. The van der Waals surface area contributed by atoms with E-state index in [0.29, 0.717) is 42.4 Å². The first-order valence-corrected chi connectivity index (χ1v) is 16.9. The number of ether oxygens (including phenoxy) is 3. The number of nitrogens with zero attached hydrogens (tertiary/aromatic N) is 4. The molecule has 7 rings (SSSR count). The van der Waals surface area contributed by atoms with Gasteiger partial charge in [-0.1, -0.05) is 29.8 Å². The van der Waals surface area contributed by atoms with Gasteiger partial charge in [-0.05, 0) is 104 Å². The van der Waals surface area contributed by atoms with E-state index in [1.807, 2.05) is 44.3 Å². The Bertz CT molecular complexity index is 1770. The minimum absolute atomic E-state index is 0.0707. The van der Waals surface area contributed by atoms with Gasteiger partial charge in [0.15, 0.2) is 11.8 Å². The number of carboxylic acid groups (broad SMARTS) is 1. The number of aliphatic carboxylic acids is 1. The van der Waals surface area contributed by atoms with Gasteiger partial charge in [-0.15, -0.1) is 0 Å². The van der Waals surface area contributed by atoms with E-state index in [9.17, 15) is 9.90 Å². The zero-order valence-corrected chi connectivity index (χ0v) is 28.8. The fourth-order valence-corrected chi connectivity index (χ4v) is 6.74. The summed E-state index contributed by atoms with van der Waals surface area (Å²) in [5.74, 6) is 0.523. The third-order valence-corrected chi connectivity index (χ3v) is 9.27. The Balaban J connectivity index is 1.53. The maximum absolute atomic E-state index is 12.8. The summed E-state index contributed by atoms with van der Waals surface area (Å²) in [7, 11) is 0. The molecular weight excluding hydrogens is 592 g/mol. The molecule has 0 saturated carbocycles. The number of carboxylic acids is 1. The van der Waals surface area contributed by atoms with Crippen LogP contribution in [0, 0.1) is 13.8 Å². The molecule has 6 bridgehead atoms. The molecule has 0 amide bonds. The number of rotatable bonds is 3. The van der Waals surface area contributed by atoms with Crippen LogP contribution < -0.4 is 9.64 Å². The molecule has 2 atom stereocenters. The Morgan fingerprint density at radius 3 is 2.53 bits per heavy atom. The van der Waals surface area contributed by atoms with Crippen molar-refractivity contribution >= 4 is 17.4 Å². The van der Waals surface area contributed by atoms with Gasteiger partial charge in [-0.2, -0.15) is 9.61 Å². The smallest absolute Gasteiger partial charge is 0.337 e. The fourth-order valence-electron chi connectivity index (χ4n) is 6.74. The molecule has 1 N–H and O–H groups in total. The van der Waals surface area contributed by atoms with Crippen LogP contribution >= 0.6 is 0 Å². The van der Waals surface area contributed by atoms with Crippen LogP contribution in [-0.2, 0) is 14.3 Å². The first-order chi connectivity index (χ1) is 22.3. The minimum atomic E-state index is -1.21. The van der Waals surface area contributed by atoms with E-state index >= 15 is 0 Å². The molecule has 250 valence electrons. The minimum Gasteiger partial charge on any atom is -0.490 e. The lowest BCUT2D eigenvalue weighted by atomic mass is 9.92. The quantitative estimate of drug-likeness (QED) is 0.241. The molecule has 0 aliphatic carbocycles. The number of hydrogen-bond acceptors (Lipinski definition) is 7. The van der Waals surface area contributed by atoms with E-state index in [1.54, 1.807) is 0 Å². The highest BCUT2D eigenvalue weighted by atomic mass is 16.5. The lowest BCUT2D eigenvalue weighted by molar-refractivity contribution is -0.160. The fraction of sp³-hybridized carbons (Fsp3) is 0.500. The van der Waals surface area contributed by atoms with E-state index in [-0.39, 0.29) is 11.7 Å². The number of aromatic nitrogens is 3. The standard InChI is InChI=1S/C38H48N4O5/c1-24-14-15-31-29(21-24)27-12-10-13-28(22-27)30-23-32-39-26(3)33(34(36(43)44)47-37(4,5)6)35(42(32)40-30)41-18-16-38(7,17-19-41)45-20-9-8-11-25(2)46-31/h10,12-15,21-23,25,34H,8-9,11,16-20H2,1-7H3,(H,43,44). The van der Waals surface area contributed by atoms with Crippen LogP contribution in [0.2, 0.25) is 0 Å². The largest absolute Gasteiger partial charge is 0.490 e. The molecule has 1 saturated heterocycles. The van der Waals surface area contributed by atoms with Crippen molar-refractivity contribution < 1.29 is 24.1 Å². The second-order valence-electron chi connectivity index (χ2n) is 14.5. The number of aryl methyl sites for hydroxylation is 2. The highest BCUT2D eigenvalue weighted by Crippen LogP contribution is 2.39. The first-order valence-electron chi connectivity index (χ1n) is 16.9. The van der Waals surface area contributed by atoms with Crippen molar-refractivity contribution in [2.24, 2.45) is 0 Å². The molecule has 3 aliphatic rings. The number of fused-ring (bicyclic) bond motifs is 8. The summed E-state index contributed by atoms with van der Waals surface area (Å²) in [6.07, 6.45) is 3.39. The zero-order chi connectivity index (χ0) is 33.5. The molecule has 4 aromatic rings. The maximum Gasteiger partial charge on any atom is 0.337 e. The molecule has 2 aromatic heterocycles. The lowest BCUT2D eigenvalue weighted by Gasteiger charge is -2.41. The topological polar surface area (TPSA) is 98.4 Å². The summed E-state index contributed by atoms with van der Waals surface area (Å²) in [5.41, 5.74) is 5.78. The van der Waals surface area contributed by atoms with Crippen LogP contribution in [0.5, 0.6) is 5.75 Å². The monoisotopic (exact) mass is 640 g/mol. The molecule has 5 heterocycles. The van der Waals surface area contributed by atoms with Crippen LogP contribution in [0.15, 0.2) is 48.5 Å². The Hall–Kier alpha value is -3.95. The summed E-state index contributed by atoms with van der Waals surface area (Å²) < 4.78 is 21.1. The molecule has 9 nitrogen and oxygen atoms in total. The third kappa shape index (κ3) is 7.16. The van der Waals surface area contributed by atoms with Gasteiger partial charge in [0.1, 0.15) is 11.6 Å². The molecule has 1 fully saturated rings. The number of benzene rings is 2. The average molecular weight is 641 g/mol. The van der Waals surface area contributed by atoms with Gasteiger partial charge < -0.3 is 24.2 Å². The normalized spacial score (nSPS) is 21.3. The van der Waals surface area contributed by atoms with Crippen molar-refractivity contribution in [1.82, 2.24) is 14.6 Å². The molecule has 0 spiro atoms. The van der Waals surface area contributed by atoms with Crippen molar-refractivity contribution in [2.75, 3.05) is 24.6 Å². The highest BCUT2D eigenvalue weighted by molar-refractivity contribution is 5.80. The van der Waals surface area contributed by atoms with E-state index in [4.69, 9.17) is 24.3 Å². The SMILES string of the molecule is Cc1ccc2c(c1)-c1cccc(c1)-c1cc3nc(C)c(C(OC(C)(C)C)C(=O)O)c(n3n1)N1CCC(C)(CC1)OCCCCC(C)O2. The predicted molar refractivity (Wildman–Crippen MR) is 184 cm³/mol. The molecule has 0 radical (unpaired) electrons. The van der Waals surface area contributed by atoms with E-state index in [0.717, 1.165) is 65.8 Å². The third-order valence-electron chi connectivity index (χ3n) is 9.27. The summed E-state index contributed by atoms with van der Waals surface area (Å²) in [4.78, 5) is 20.0. The zero-order valence-electron chi connectivity index (χ0n) is 28.8. The van der Waals surface area contributed by atoms with Crippen LogP contribution in [-0.4, -0.2) is 62.7 Å². The van der Waals surface area contributed by atoms with Gasteiger partial charge in [-0.25, -0.2) is 9.78 Å². The molecule has 2 aromatic carbocycles. The highest BCUT2D eigenvalue weighted by Gasteiger charge is 2.38. The number of carbonyl (C=O) groups is 1. The second-order valence-corrected chi connectivity index (χ2v) is 14.5. The van der Waals surface area contributed by atoms with Gasteiger partial charge >= 0.3 is 5.97 Å². The van der Waals surface area contributed by atoms with Crippen molar-refractivity contribution in [3.8, 4) is 28.1 Å². The Labute approximate surface area is 277 Å². The molecule has 3 aliphatic heterocycles. The maximum atomic E-state index is 12.8. The number of piperidine rings is 1. The van der Waals surface area contributed by atoms with Gasteiger partial charge in [-0.3, -0.25) is 0 Å². The summed E-state index contributed by atoms with van der Waals surface area (Å²) in [5, 5.41) is 15.6. The van der Waals surface area contributed by atoms with Crippen LogP contribution in [0.4, 0.5) is 5.82 Å². The molecule has 47 heavy (non-hydrogen) atoms. The summed E-state index contributed by atoms with van der Waals surface area (Å²) in [6, 6.07) is 16.7. The summed E-state index contributed by atoms with van der Waals surface area (Å²) in [6.45, 7) is 16.0. The second kappa shape index (κ2) is 12.9. The van der Waals surface area contributed by atoms with E-state index in [2.05, 4.69) is 62.1 Å². The summed E-state index contributed by atoms with van der Waals surface area (Å²) >= 11 is 0. The predicted octanol–water partition coefficient (Wildman–Crippen LogP) is 7.95. The van der Waals surface area contributed by atoms with Gasteiger partial charge in [0.2, 0.25) is 0 Å². The lowest BCUT2D eigenvalue weighted by Crippen LogP contribution is -2.46. The molecular formula is C38H48N4O5. The first kappa shape index (κ1) is 33.0. The van der Waals surface area contributed by atoms with Crippen molar-refractivity contribution in [3.63, 3.8) is 0 Å². The van der Waals surface area contributed by atoms with Gasteiger partial charge in [0.05, 0.1) is 28.6 Å². The van der Waals surface area contributed by atoms with Crippen molar-refractivity contribution in [1.29, 1.82) is 0 Å². The van der Waals surface area contributed by atoms with E-state index in [1.165, 1.54) is 0 Å². The van der Waals surface area contributed by atoms with E-state index < -0.39 is 17.7 Å². The average Bonchev–Trinajstić information content (AvgIpc) is 3.43. The number of anilines is 1. The molecule has 2 unspecified atom stereocenters. The Kier molecular flexibility index (Phi) is 9.06. The van der Waals surface area contributed by atoms with Crippen LogP contribution in [0.1, 0.15) is 89.6 Å².